The third-order valence-corrected chi connectivity index (χ3v) is 5.57. The molecule has 0 spiro atoms. The lowest BCUT2D eigenvalue weighted by atomic mass is 10.2. The summed E-state index contributed by atoms with van der Waals surface area (Å²) < 4.78 is 2.93. The number of nitrogens with zero attached hydrogens (tertiary/aromatic N) is 3. The Morgan fingerprint density at radius 2 is 2.12 bits per heavy atom. The van der Waals surface area contributed by atoms with Crippen LogP contribution in [-0.2, 0) is 6.54 Å². The van der Waals surface area contributed by atoms with Crippen molar-refractivity contribution in [3.8, 4) is 0 Å². The van der Waals surface area contributed by atoms with E-state index in [-0.39, 0.29) is 17.6 Å². The van der Waals surface area contributed by atoms with Gasteiger partial charge in [0.15, 0.2) is 0 Å². The van der Waals surface area contributed by atoms with E-state index in [4.69, 9.17) is 5.21 Å². The number of hydrogen-bond acceptors (Lipinski definition) is 5. The zero-order valence-electron chi connectivity index (χ0n) is 13.5. The molecule has 1 aliphatic rings. The molecule has 25 heavy (non-hydrogen) atoms. The summed E-state index contributed by atoms with van der Waals surface area (Å²) in [4.78, 5) is 31.3. The predicted molar refractivity (Wildman–Crippen MR) is 92.8 cm³/mol. The van der Waals surface area contributed by atoms with Gasteiger partial charge >= 0.3 is 0 Å². The minimum Gasteiger partial charge on any atom is -0.331 e. The second-order valence-corrected chi connectivity index (χ2v) is 7.03. The molecule has 0 aliphatic carbocycles. The predicted octanol–water partition coefficient (Wildman–Crippen LogP) is 2.43. The Morgan fingerprint density at radius 1 is 1.32 bits per heavy atom. The van der Waals surface area contributed by atoms with Crippen molar-refractivity contribution in [2.24, 2.45) is 0 Å². The molecule has 4 rings (SSSR count). The third kappa shape index (κ3) is 2.59. The van der Waals surface area contributed by atoms with E-state index in [1.54, 1.807) is 16.6 Å². The van der Waals surface area contributed by atoms with Crippen molar-refractivity contribution >= 4 is 33.2 Å². The monoisotopic (exact) mass is 356 g/mol. The van der Waals surface area contributed by atoms with Crippen LogP contribution in [0.5, 0.6) is 0 Å². The van der Waals surface area contributed by atoms with Crippen LogP contribution in [0.1, 0.15) is 39.0 Å². The minimum absolute atomic E-state index is 0.0314. The molecule has 0 saturated carbocycles. The van der Waals surface area contributed by atoms with Gasteiger partial charge in [-0.25, -0.2) is 10.5 Å². The molecule has 8 heteroatoms. The van der Waals surface area contributed by atoms with Gasteiger partial charge in [0.25, 0.3) is 11.8 Å². The Morgan fingerprint density at radius 3 is 2.88 bits per heavy atom. The first-order valence-electron chi connectivity index (χ1n) is 7.89. The smallest absolute Gasteiger partial charge is 0.294 e. The summed E-state index contributed by atoms with van der Waals surface area (Å²) >= 11 is 1.48. The maximum absolute atomic E-state index is 13.0. The molecule has 2 aromatic heterocycles. The lowest BCUT2D eigenvalue weighted by Crippen LogP contribution is -2.40. The summed E-state index contributed by atoms with van der Waals surface area (Å²) in [5, 5.41) is 9.82. The summed E-state index contributed by atoms with van der Waals surface area (Å²) in [6.07, 6.45) is 1.60. The van der Waals surface area contributed by atoms with Gasteiger partial charge in [-0.3, -0.25) is 14.8 Å². The highest BCUT2D eigenvalue weighted by atomic mass is 32.1. The average Bonchev–Trinajstić information content (AvgIpc) is 3.25. The van der Waals surface area contributed by atoms with Crippen molar-refractivity contribution in [2.75, 3.05) is 6.54 Å². The molecule has 0 radical (unpaired) electrons. The van der Waals surface area contributed by atoms with Crippen LogP contribution in [0.15, 0.2) is 36.5 Å². The summed E-state index contributed by atoms with van der Waals surface area (Å²) in [5.74, 6) is -0.0492. The van der Waals surface area contributed by atoms with E-state index in [1.165, 1.54) is 11.3 Å². The Balaban J connectivity index is 1.64. The van der Waals surface area contributed by atoms with Crippen molar-refractivity contribution in [3.63, 3.8) is 0 Å². The van der Waals surface area contributed by atoms with Crippen molar-refractivity contribution in [1.29, 1.82) is 0 Å². The average molecular weight is 356 g/mol. The minimum atomic E-state index is -0.656. The number of benzene rings is 1. The van der Waals surface area contributed by atoms with Crippen LogP contribution in [0.2, 0.25) is 0 Å². The van der Waals surface area contributed by atoms with Crippen LogP contribution < -0.4 is 5.48 Å². The van der Waals surface area contributed by atoms with Gasteiger partial charge in [-0.1, -0.05) is 18.2 Å². The van der Waals surface area contributed by atoms with Crippen molar-refractivity contribution in [1.82, 2.24) is 19.9 Å². The topological polar surface area (TPSA) is 87.5 Å². The molecule has 3 heterocycles. The van der Waals surface area contributed by atoms with Crippen LogP contribution in [-0.4, -0.2) is 38.0 Å². The van der Waals surface area contributed by atoms with E-state index in [0.29, 0.717) is 23.8 Å². The molecule has 2 N–H and O–H groups in total. The fourth-order valence-electron chi connectivity index (χ4n) is 3.16. The first kappa shape index (κ1) is 15.8. The molecule has 128 valence electrons. The summed E-state index contributed by atoms with van der Waals surface area (Å²) in [7, 11) is 0. The highest BCUT2D eigenvalue weighted by Gasteiger charge is 2.31. The van der Waals surface area contributed by atoms with Gasteiger partial charge < -0.3 is 9.47 Å². The molecular weight excluding hydrogens is 340 g/mol. The lowest BCUT2D eigenvalue weighted by molar-refractivity contribution is 0.0643. The van der Waals surface area contributed by atoms with Crippen molar-refractivity contribution in [2.45, 2.75) is 19.5 Å². The normalized spacial score (nSPS) is 16.7. The summed E-state index contributed by atoms with van der Waals surface area (Å²) in [6.45, 7) is 2.99. The van der Waals surface area contributed by atoms with Crippen LogP contribution in [0.3, 0.4) is 0 Å². The molecule has 0 saturated heterocycles. The first-order valence-corrected chi connectivity index (χ1v) is 8.71. The van der Waals surface area contributed by atoms with Gasteiger partial charge in [-0.05, 0) is 24.4 Å². The number of aromatic nitrogens is 2. The number of imidazole rings is 1. The van der Waals surface area contributed by atoms with E-state index < -0.39 is 5.91 Å². The molecule has 1 aliphatic heterocycles. The zero-order chi connectivity index (χ0) is 17.6. The standard InChI is InChI=1S/C17H16N4O3S/c1-10-15-18-12(16(22)19-24)9-20(15)6-7-21(10)17(23)14-8-11-4-2-3-5-13(11)25-14/h2-5,8-10,24H,6-7H2,1H3,(H,19,22). The second-order valence-electron chi connectivity index (χ2n) is 5.94. The molecular formula is C17H16N4O3S. The van der Waals surface area contributed by atoms with E-state index in [0.717, 1.165) is 10.1 Å². The largest absolute Gasteiger partial charge is 0.331 e. The Bertz CT molecular complexity index is 944. The van der Waals surface area contributed by atoms with Gasteiger partial charge in [0.1, 0.15) is 11.5 Å². The highest BCUT2D eigenvalue weighted by molar-refractivity contribution is 7.20. The molecule has 0 bridgehead atoms. The van der Waals surface area contributed by atoms with Crippen molar-refractivity contribution in [3.05, 3.63) is 52.9 Å². The Labute approximate surface area is 147 Å². The van der Waals surface area contributed by atoms with Crippen LogP contribution in [0.4, 0.5) is 0 Å². The number of fused-ring (bicyclic) bond motifs is 2. The number of rotatable bonds is 2. The van der Waals surface area contributed by atoms with E-state index in [1.807, 2.05) is 41.8 Å². The van der Waals surface area contributed by atoms with E-state index in [9.17, 15) is 9.59 Å². The SMILES string of the molecule is CC1c2nc(C(=O)NO)cn2CCN1C(=O)c1cc2ccccc2s1. The van der Waals surface area contributed by atoms with Gasteiger partial charge in [0.2, 0.25) is 0 Å². The number of carbonyl (C=O) groups excluding carboxylic acids is 2. The number of hydroxylamine groups is 1. The Hall–Kier alpha value is -2.71. The lowest BCUT2D eigenvalue weighted by Gasteiger charge is -2.33. The molecule has 7 nitrogen and oxygen atoms in total. The number of carbonyl (C=O) groups is 2. The quantitative estimate of drug-likeness (QED) is 0.545. The van der Waals surface area contributed by atoms with E-state index >= 15 is 0 Å². The number of amides is 2. The van der Waals surface area contributed by atoms with Gasteiger partial charge in [0, 0.05) is 24.0 Å². The molecule has 2 amide bonds. The number of thiophene rings is 1. The van der Waals surface area contributed by atoms with Crippen LogP contribution >= 0.6 is 11.3 Å². The maximum atomic E-state index is 13.0. The number of nitrogens with one attached hydrogen (secondary N) is 1. The third-order valence-electron chi connectivity index (χ3n) is 4.46. The van der Waals surface area contributed by atoms with E-state index in [2.05, 4.69) is 4.98 Å². The zero-order valence-corrected chi connectivity index (χ0v) is 14.3. The fraction of sp³-hybridized carbons (Fsp3) is 0.235. The molecule has 1 unspecified atom stereocenters. The summed E-state index contributed by atoms with van der Waals surface area (Å²) in [6, 6.07) is 9.57. The first-order chi connectivity index (χ1) is 12.1. The summed E-state index contributed by atoms with van der Waals surface area (Å²) in [5.41, 5.74) is 1.73. The molecule has 0 fully saturated rings. The second kappa shape index (κ2) is 5.98. The number of hydrogen-bond donors (Lipinski definition) is 2. The Kier molecular flexibility index (Phi) is 3.78. The van der Waals surface area contributed by atoms with Crippen LogP contribution in [0.25, 0.3) is 10.1 Å². The molecule has 1 aromatic carbocycles. The van der Waals surface area contributed by atoms with Crippen LogP contribution in [0, 0.1) is 0 Å². The highest BCUT2D eigenvalue weighted by Crippen LogP contribution is 2.31. The maximum Gasteiger partial charge on any atom is 0.294 e. The molecule has 1 atom stereocenters. The van der Waals surface area contributed by atoms with Gasteiger partial charge in [-0.2, -0.15) is 0 Å². The van der Waals surface area contributed by atoms with Crippen molar-refractivity contribution < 1.29 is 14.8 Å². The van der Waals surface area contributed by atoms with Gasteiger partial charge in [-0.15, -0.1) is 11.3 Å². The molecule has 3 aromatic rings. The fourth-order valence-corrected chi connectivity index (χ4v) is 4.18. The van der Waals surface area contributed by atoms with Gasteiger partial charge in [0.05, 0.1) is 10.9 Å².